The molecule has 1 saturated heterocycles. The van der Waals surface area contributed by atoms with Gasteiger partial charge in [-0.15, -0.1) is 6.58 Å². The summed E-state index contributed by atoms with van der Waals surface area (Å²) in [6, 6.07) is 25.7. The van der Waals surface area contributed by atoms with E-state index in [4.69, 9.17) is 4.74 Å². The Bertz CT molecular complexity index is 1650. The summed E-state index contributed by atoms with van der Waals surface area (Å²) in [6.45, 7) is 10.7. The average molecular weight is 561 g/mol. The van der Waals surface area contributed by atoms with E-state index in [1.54, 1.807) is 7.11 Å². The summed E-state index contributed by atoms with van der Waals surface area (Å²) < 4.78 is 7.66. The third-order valence-electron chi connectivity index (χ3n) is 8.38. The summed E-state index contributed by atoms with van der Waals surface area (Å²) in [5, 5.41) is 0. The Morgan fingerprint density at radius 2 is 1.62 bits per heavy atom. The number of anilines is 1. The van der Waals surface area contributed by atoms with Crippen LogP contribution in [-0.4, -0.2) is 66.0 Å². The molecule has 0 unspecified atom stereocenters. The minimum atomic E-state index is -0.0713. The fourth-order valence-electron chi connectivity index (χ4n) is 6.13. The van der Waals surface area contributed by atoms with Gasteiger partial charge >= 0.3 is 0 Å². The number of piperazine rings is 1. The van der Waals surface area contributed by atoms with Crippen LogP contribution in [0.4, 0.5) is 5.69 Å². The largest absolute Gasteiger partial charge is 0.496 e. The lowest BCUT2D eigenvalue weighted by molar-refractivity contribution is 0.0639. The molecule has 3 heterocycles. The standard InChI is InChI=1S/C35H36N4O3/c1-4-17-36-18-20-37(21-19-36)35(41)32-16-14-28-24-39(31-11-7-5-9-27(31)23-38(28)32)34(40)26-13-15-29(25(2)22-26)30-10-6-8-12-33(30)42-3/h4-16,22H,1,17-21,23-24H2,2-3H3. The van der Waals surface area contributed by atoms with Crippen LogP contribution in [0, 0.1) is 6.92 Å². The highest BCUT2D eigenvalue weighted by Gasteiger charge is 2.30. The Hall–Kier alpha value is -4.62. The first-order valence-electron chi connectivity index (χ1n) is 14.4. The lowest BCUT2D eigenvalue weighted by atomic mass is 9.97. The first-order valence-corrected chi connectivity index (χ1v) is 14.4. The summed E-state index contributed by atoms with van der Waals surface area (Å²) in [5.74, 6) is 0.767. The lowest BCUT2D eigenvalue weighted by Gasteiger charge is -2.34. The van der Waals surface area contributed by atoms with Crippen LogP contribution >= 0.6 is 0 Å². The van der Waals surface area contributed by atoms with Gasteiger partial charge in [-0.25, -0.2) is 0 Å². The molecule has 4 aromatic rings. The molecule has 2 aliphatic rings. The minimum Gasteiger partial charge on any atom is -0.496 e. The number of rotatable bonds is 6. The van der Waals surface area contributed by atoms with Crippen LogP contribution in [0.1, 0.15) is 37.7 Å². The topological polar surface area (TPSA) is 58.0 Å². The number of carbonyl (C=O) groups is 2. The number of benzene rings is 3. The fraction of sp³-hybridized carbons (Fsp3) is 0.257. The number of ether oxygens (including phenoxy) is 1. The maximum atomic E-state index is 14.1. The Morgan fingerprint density at radius 1 is 0.857 bits per heavy atom. The molecule has 0 radical (unpaired) electrons. The number of hydrogen-bond acceptors (Lipinski definition) is 4. The second-order valence-corrected chi connectivity index (χ2v) is 10.9. The van der Waals surface area contributed by atoms with Crippen LogP contribution in [0.5, 0.6) is 5.75 Å². The summed E-state index contributed by atoms with van der Waals surface area (Å²) in [4.78, 5) is 33.9. The molecule has 3 aromatic carbocycles. The zero-order chi connectivity index (χ0) is 29.2. The second kappa shape index (κ2) is 11.7. The second-order valence-electron chi connectivity index (χ2n) is 10.9. The predicted octanol–water partition coefficient (Wildman–Crippen LogP) is 5.62. The maximum Gasteiger partial charge on any atom is 0.270 e. The van der Waals surface area contributed by atoms with Gasteiger partial charge in [0.15, 0.2) is 0 Å². The normalized spacial score (nSPS) is 15.0. The molecule has 7 heteroatoms. The Balaban J connectivity index is 1.30. The number of nitrogens with zero attached hydrogens (tertiary/aromatic N) is 4. The fourth-order valence-corrected chi connectivity index (χ4v) is 6.13. The van der Waals surface area contributed by atoms with Crippen LogP contribution in [0.25, 0.3) is 11.1 Å². The number of aryl methyl sites for hydroxylation is 1. The van der Waals surface area contributed by atoms with E-state index in [1.807, 2.05) is 102 Å². The van der Waals surface area contributed by atoms with Crippen LogP contribution in [0.2, 0.25) is 0 Å². The highest BCUT2D eigenvalue weighted by molar-refractivity contribution is 6.07. The molecule has 0 N–H and O–H groups in total. The van der Waals surface area contributed by atoms with E-state index in [0.29, 0.717) is 37.4 Å². The zero-order valence-electron chi connectivity index (χ0n) is 24.3. The third kappa shape index (κ3) is 5.12. The number of fused-ring (bicyclic) bond motifs is 2. The van der Waals surface area contributed by atoms with Crippen LogP contribution < -0.4 is 9.64 Å². The van der Waals surface area contributed by atoms with Crippen molar-refractivity contribution in [2.75, 3.05) is 44.7 Å². The first-order chi connectivity index (χ1) is 20.5. The molecule has 42 heavy (non-hydrogen) atoms. The van der Waals surface area contributed by atoms with Crippen LogP contribution in [0.3, 0.4) is 0 Å². The van der Waals surface area contributed by atoms with Crippen LogP contribution in [-0.2, 0) is 13.1 Å². The number of para-hydroxylation sites is 2. The van der Waals surface area contributed by atoms with Crippen LogP contribution in [0.15, 0.2) is 91.5 Å². The van der Waals surface area contributed by atoms with Gasteiger partial charge in [-0.3, -0.25) is 14.5 Å². The van der Waals surface area contributed by atoms with Gasteiger partial charge in [0, 0.05) is 55.2 Å². The minimum absolute atomic E-state index is 0.0410. The molecule has 214 valence electrons. The van der Waals surface area contributed by atoms with E-state index in [-0.39, 0.29) is 11.8 Å². The molecule has 0 aliphatic carbocycles. The predicted molar refractivity (Wildman–Crippen MR) is 166 cm³/mol. The molecular weight excluding hydrogens is 524 g/mol. The van der Waals surface area contributed by atoms with Crippen molar-refractivity contribution in [1.82, 2.24) is 14.4 Å². The summed E-state index contributed by atoms with van der Waals surface area (Å²) in [6.07, 6.45) is 1.91. The van der Waals surface area contributed by atoms with Crippen molar-refractivity contribution in [2.45, 2.75) is 20.0 Å². The highest BCUT2D eigenvalue weighted by atomic mass is 16.5. The molecule has 0 spiro atoms. The number of amides is 2. The number of aromatic nitrogens is 1. The molecule has 6 rings (SSSR count). The average Bonchev–Trinajstić information content (AvgIpc) is 3.33. The van der Waals surface area contributed by atoms with E-state index in [0.717, 1.165) is 59.0 Å². The van der Waals surface area contributed by atoms with E-state index in [1.165, 1.54) is 0 Å². The Kier molecular flexibility index (Phi) is 7.68. The van der Waals surface area contributed by atoms with Gasteiger partial charge in [-0.2, -0.15) is 0 Å². The quantitative estimate of drug-likeness (QED) is 0.287. The number of methoxy groups -OCH3 is 1. The number of carbonyl (C=O) groups excluding carboxylic acids is 2. The number of hydrogen-bond donors (Lipinski definition) is 0. The van der Waals surface area contributed by atoms with Gasteiger partial charge in [-0.05, 0) is 60.0 Å². The molecule has 0 atom stereocenters. The third-order valence-corrected chi connectivity index (χ3v) is 8.38. The van der Waals surface area contributed by atoms with Gasteiger partial charge in [0.2, 0.25) is 0 Å². The van der Waals surface area contributed by atoms with Gasteiger partial charge in [0.1, 0.15) is 11.4 Å². The zero-order valence-corrected chi connectivity index (χ0v) is 24.3. The summed E-state index contributed by atoms with van der Waals surface area (Å²) in [5.41, 5.74) is 7.13. The van der Waals surface area contributed by atoms with Gasteiger partial charge < -0.3 is 19.1 Å². The van der Waals surface area contributed by atoms with Crippen molar-refractivity contribution in [3.8, 4) is 16.9 Å². The van der Waals surface area contributed by atoms with Crippen molar-refractivity contribution in [3.63, 3.8) is 0 Å². The van der Waals surface area contributed by atoms with Gasteiger partial charge in [0.05, 0.1) is 20.2 Å². The van der Waals surface area contributed by atoms with Gasteiger partial charge in [0.25, 0.3) is 11.8 Å². The molecule has 1 aromatic heterocycles. The van der Waals surface area contributed by atoms with E-state index in [9.17, 15) is 9.59 Å². The Labute approximate surface area is 247 Å². The monoisotopic (exact) mass is 560 g/mol. The van der Waals surface area contributed by atoms with E-state index < -0.39 is 0 Å². The van der Waals surface area contributed by atoms with E-state index >= 15 is 0 Å². The molecule has 0 bridgehead atoms. The Morgan fingerprint density at radius 3 is 2.38 bits per heavy atom. The van der Waals surface area contributed by atoms with Crippen molar-refractivity contribution in [1.29, 1.82) is 0 Å². The smallest absolute Gasteiger partial charge is 0.270 e. The molecule has 0 saturated carbocycles. The van der Waals surface area contributed by atoms with Crippen molar-refractivity contribution < 1.29 is 14.3 Å². The van der Waals surface area contributed by atoms with E-state index in [2.05, 4.69) is 16.0 Å². The molecule has 1 fully saturated rings. The summed E-state index contributed by atoms with van der Waals surface area (Å²) in [7, 11) is 1.67. The van der Waals surface area contributed by atoms with Crippen molar-refractivity contribution in [3.05, 3.63) is 120 Å². The van der Waals surface area contributed by atoms with Crippen molar-refractivity contribution >= 4 is 17.5 Å². The molecular formula is C35H36N4O3. The molecule has 2 amide bonds. The first kappa shape index (κ1) is 27.5. The SMILES string of the molecule is C=CCN1CCN(C(=O)c2ccc3n2Cc2ccccc2N(C(=O)c2ccc(-c4ccccc4OC)c(C)c2)C3)CC1. The highest BCUT2D eigenvalue weighted by Crippen LogP contribution is 2.34. The maximum absolute atomic E-state index is 14.1. The summed E-state index contributed by atoms with van der Waals surface area (Å²) >= 11 is 0. The molecule has 7 nitrogen and oxygen atoms in total. The molecule has 2 aliphatic heterocycles. The van der Waals surface area contributed by atoms with Gasteiger partial charge in [-0.1, -0.05) is 48.5 Å². The lowest BCUT2D eigenvalue weighted by Crippen LogP contribution is -2.49. The van der Waals surface area contributed by atoms with Crippen molar-refractivity contribution in [2.24, 2.45) is 0 Å².